The fraction of sp³-hybridized carbons (Fsp3) is 0. The average Bonchev–Trinajstić information content (AvgIpc) is 2.16. The first-order valence-corrected chi connectivity index (χ1v) is 4.63. The van der Waals surface area contributed by atoms with Gasteiger partial charge in [-0.15, -0.1) is 0 Å². The summed E-state index contributed by atoms with van der Waals surface area (Å²) < 4.78 is 0. The Morgan fingerprint density at radius 2 is 2.07 bits per heavy atom. The van der Waals surface area contributed by atoms with Gasteiger partial charge in [0.05, 0.1) is 22.2 Å². The normalized spacial score (nSPS) is 10.1. The minimum Gasteiger partial charge on any atom is -0.236 e. The summed E-state index contributed by atoms with van der Waals surface area (Å²) in [5.41, 5.74) is 1.15. The zero-order valence-corrected chi connectivity index (χ0v) is 8.47. The molecule has 0 saturated heterocycles. The van der Waals surface area contributed by atoms with Gasteiger partial charge in [-0.25, -0.2) is 4.98 Å². The molecular formula is C10H4Cl2N2. The van der Waals surface area contributed by atoms with Crippen LogP contribution in [0.25, 0.3) is 10.9 Å². The van der Waals surface area contributed by atoms with Crippen molar-refractivity contribution in [2.45, 2.75) is 0 Å². The van der Waals surface area contributed by atoms with E-state index in [1.165, 1.54) is 6.07 Å². The Morgan fingerprint density at radius 1 is 1.29 bits per heavy atom. The van der Waals surface area contributed by atoms with Crippen molar-refractivity contribution in [3.05, 3.63) is 40.0 Å². The Hall–Kier alpha value is -1.30. The molecule has 0 atom stereocenters. The van der Waals surface area contributed by atoms with E-state index in [4.69, 9.17) is 28.5 Å². The van der Waals surface area contributed by atoms with Gasteiger partial charge in [-0.1, -0.05) is 29.3 Å². The molecule has 1 heterocycles. The lowest BCUT2D eigenvalue weighted by atomic mass is 10.1. The first-order chi connectivity index (χ1) is 6.72. The molecule has 0 aliphatic carbocycles. The van der Waals surface area contributed by atoms with Crippen LogP contribution in [-0.4, -0.2) is 4.98 Å². The van der Waals surface area contributed by atoms with E-state index >= 15 is 0 Å². The highest BCUT2D eigenvalue weighted by atomic mass is 35.5. The van der Waals surface area contributed by atoms with Crippen LogP contribution in [0.15, 0.2) is 24.3 Å². The van der Waals surface area contributed by atoms with Crippen molar-refractivity contribution >= 4 is 34.1 Å². The third-order valence-corrected chi connectivity index (χ3v) is 2.37. The number of nitriles is 1. The smallest absolute Gasteiger partial charge is 0.131 e. The zero-order chi connectivity index (χ0) is 10.1. The minimum absolute atomic E-state index is 0.331. The van der Waals surface area contributed by atoms with Crippen molar-refractivity contribution in [3.63, 3.8) is 0 Å². The lowest BCUT2D eigenvalue weighted by Crippen LogP contribution is -1.85. The van der Waals surface area contributed by atoms with Crippen LogP contribution in [0.4, 0.5) is 0 Å². The van der Waals surface area contributed by atoms with E-state index in [1.54, 1.807) is 18.2 Å². The standard InChI is InChI=1S/C10H4Cl2N2/c11-7-4-9(12)14-8-3-1-2-6(5-13)10(7)8/h1-4H. The van der Waals surface area contributed by atoms with Gasteiger partial charge in [-0.05, 0) is 18.2 Å². The largest absolute Gasteiger partial charge is 0.236 e. The maximum Gasteiger partial charge on any atom is 0.131 e. The summed E-state index contributed by atoms with van der Waals surface area (Å²) in [5, 5.41) is 10.3. The van der Waals surface area contributed by atoms with E-state index in [9.17, 15) is 0 Å². The van der Waals surface area contributed by atoms with Gasteiger partial charge in [0.15, 0.2) is 0 Å². The van der Waals surface area contributed by atoms with Gasteiger partial charge >= 0.3 is 0 Å². The predicted octanol–water partition coefficient (Wildman–Crippen LogP) is 3.41. The van der Waals surface area contributed by atoms with Gasteiger partial charge in [0.1, 0.15) is 5.15 Å². The van der Waals surface area contributed by atoms with E-state index in [-0.39, 0.29) is 0 Å². The van der Waals surface area contributed by atoms with Crippen LogP contribution in [-0.2, 0) is 0 Å². The molecule has 0 aliphatic heterocycles. The second-order valence-corrected chi connectivity index (χ2v) is 3.53. The van der Waals surface area contributed by atoms with Crippen molar-refractivity contribution in [2.75, 3.05) is 0 Å². The molecule has 4 heteroatoms. The number of fused-ring (bicyclic) bond motifs is 1. The van der Waals surface area contributed by atoms with Gasteiger partial charge in [0, 0.05) is 5.39 Å². The van der Waals surface area contributed by atoms with Gasteiger partial charge in [0.2, 0.25) is 0 Å². The van der Waals surface area contributed by atoms with Crippen molar-refractivity contribution in [3.8, 4) is 6.07 Å². The molecule has 2 nitrogen and oxygen atoms in total. The van der Waals surface area contributed by atoms with Gasteiger partial charge in [-0.3, -0.25) is 0 Å². The maximum atomic E-state index is 8.86. The molecule has 0 radical (unpaired) electrons. The SMILES string of the molecule is N#Cc1cccc2nc(Cl)cc(Cl)c12. The number of hydrogen-bond acceptors (Lipinski definition) is 2. The minimum atomic E-state index is 0.331. The van der Waals surface area contributed by atoms with Gasteiger partial charge in [0.25, 0.3) is 0 Å². The molecule has 0 fully saturated rings. The highest BCUT2D eigenvalue weighted by Gasteiger charge is 2.06. The van der Waals surface area contributed by atoms with Crippen LogP contribution in [0.3, 0.4) is 0 Å². The lowest BCUT2D eigenvalue weighted by Gasteiger charge is -2.01. The molecule has 0 N–H and O–H groups in total. The number of benzene rings is 1. The molecule has 1 aromatic carbocycles. The molecule has 2 rings (SSSR count). The number of hydrogen-bond donors (Lipinski definition) is 0. The predicted molar refractivity (Wildman–Crippen MR) is 56.5 cm³/mol. The number of aromatic nitrogens is 1. The van der Waals surface area contributed by atoms with Crippen molar-refractivity contribution in [1.29, 1.82) is 5.26 Å². The number of nitrogens with zero attached hydrogens (tertiary/aromatic N) is 2. The molecule has 1 aromatic heterocycles. The molecule has 0 aliphatic rings. The van der Waals surface area contributed by atoms with Crippen molar-refractivity contribution in [2.24, 2.45) is 0 Å². The van der Waals surface area contributed by atoms with Crippen LogP contribution in [0.5, 0.6) is 0 Å². The highest BCUT2D eigenvalue weighted by Crippen LogP contribution is 2.27. The number of rotatable bonds is 0. The monoisotopic (exact) mass is 222 g/mol. The first-order valence-electron chi connectivity index (χ1n) is 3.87. The Kier molecular flexibility index (Phi) is 2.28. The molecule has 68 valence electrons. The van der Waals surface area contributed by atoms with Crippen molar-refractivity contribution in [1.82, 2.24) is 4.98 Å². The van der Waals surface area contributed by atoms with E-state index in [0.29, 0.717) is 26.6 Å². The highest BCUT2D eigenvalue weighted by molar-refractivity contribution is 6.38. The van der Waals surface area contributed by atoms with E-state index in [0.717, 1.165) is 0 Å². The number of halogens is 2. The molecule has 0 spiro atoms. The Bertz CT molecular complexity index is 544. The first kappa shape index (κ1) is 9.26. The summed E-state index contributed by atoms with van der Waals surface area (Å²) >= 11 is 11.7. The van der Waals surface area contributed by atoms with Crippen LogP contribution in [0, 0.1) is 11.3 Å². The van der Waals surface area contributed by atoms with E-state index in [2.05, 4.69) is 11.1 Å². The average molecular weight is 223 g/mol. The molecule has 0 bridgehead atoms. The summed E-state index contributed by atoms with van der Waals surface area (Å²) in [4.78, 5) is 4.07. The summed E-state index contributed by atoms with van der Waals surface area (Å²) in [6.45, 7) is 0. The third kappa shape index (κ3) is 1.41. The van der Waals surface area contributed by atoms with E-state index in [1.807, 2.05) is 0 Å². The summed E-state index contributed by atoms with van der Waals surface area (Å²) in [5.74, 6) is 0. The molecule has 0 amide bonds. The second-order valence-electron chi connectivity index (χ2n) is 2.74. The molecular weight excluding hydrogens is 219 g/mol. The summed E-state index contributed by atoms with van der Waals surface area (Å²) in [7, 11) is 0. The van der Waals surface area contributed by atoms with E-state index < -0.39 is 0 Å². The summed E-state index contributed by atoms with van der Waals surface area (Å²) in [6, 6.07) is 8.82. The second kappa shape index (κ2) is 3.45. The number of pyridine rings is 1. The Labute approximate surface area is 90.7 Å². The van der Waals surface area contributed by atoms with Crippen LogP contribution in [0.1, 0.15) is 5.56 Å². The van der Waals surface area contributed by atoms with Gasteiger partial charge < -0.3 is 0 Å². The molecule has 2 aromatic rings. The zero-order valence-electron chi connectivity index (χ0n) is 6.96. The van der Waals surface area contributed by atoms with Gasteiger partial charge in [-0.2, -0.15) is 5.26 Å². The lowest BCUT2D eigenvalue weighted by molar-refractivity contribution is 1.40. The third-order valence-electron chi connectivity index (χ3n) is 1.87. The maximum absolute atomic E-state index is 8.86. The summed E-state index contributed by atoms with van der Waals surface area (Å²) in [6.07, 6.45) is 0. The molecule has 0 unspecified atom stereocenters. The fourth-order valence-electron chi connectivity index (χ4n) is 1.30. The Morgan fingerprint density at radius 3 is 2.79 bits per heavy atom. The van der Waals surface area contributed by atoms with Crippen LogP contribution < -0.4 is 0 Å². The fourth-order valence-corrected chi connectivity index (χ4v) is 1.86. The topological polar surface area (TPSA) is 36.7 Å². The Balaban J connectivity index is 2.96. The molecule has 14 heavy (non-hydrogen) atoms. The van der Waals surface area contributed by atoms with Crippen LogP contribution >= 0.6 is 23.2 Å². The quantitative estimate of drug-likeness (QED) is 0.641. The van der Waals surface area contributed by atoms with Crippen molar-refractivity contribution < 1.29 is 0 Å². The molecule has 0 saturated carbocycles. The van der Waals surface area contributed by atoms with Crippen LogP contribution in [0.2, 0.25) is 10.2 Å².